The lowest BCUT2D eigenvalue weighted by Crippen LogP contribution is -2.41. The molecule has 1 atom stereocenters. The lowest BCUT2D eigenvalue weighted by Gasteiger charge is -2.27. The van der Waals surface area contributed by atoms with Crippen molar-refractivity contribution in [1.82, 2.24) is 39.6 Å². The molecular weight excluding hydrogens is 538 g/mol. The van der Waals surface area contributed by atoms with Crippen LogP contribution in [0.15, 0.2) is 30.6 Å². The normalized spacial score (nSPS) is 17.9. The van der Waals surface area contributed by atoms with Gasteiger partial charge < -0.3 is 29.7 Å². The van der Waals surface area contributed by atoms with Crippen LogP contribution < -0.4 is 20.3 Å². The van der Waals surface area contributed by atoms with Crippen molar-refractivity contribution < 1.29 is 23.0 Å². The fourth-order valence-corrected chi connectivity index (χ4v) is 5.01. The van der Waals surface area contributed by atoms with Crippen LogP contribution in [0, 0.1) is 0 Å². The molecule has 41 heavy (non-hydrogen) atoms. The van der Waals surface area contributed by atoms with Crippen LogP contribution in [0.5, 0.6) is 5.75 Å². The highest BCUT2D eigenvalue weighted by atomic mass is 19.3. The summed E-state index contributed by atoms with van der Waals surface area (Å²) in [6, 6.07) is 5.42. The third kappa shape index (κ3) is 6.06. The maximum atomic E-state index is 14.3. The zero-order chi connectivity index (χ0) is 28.2. The van der Waals surface area contributed by atoms with E-state index >= 15 is 0 Å². The van der Waals surface area contributed by atoms with Crippen molar-refractivity contribution >= 4 is 28.6 Å². The number of halogens is 2. The fourth-order valence-electron chi connectivity index (χ4n) is 5.01. The second-order valence-corrected chi connectivity index (χ2v) is 9.78. The number of methoxy groups -OCH3 is 1. The van der Waals surface area contributed by atoms with Crippen molar-refractivity contribution in [2.75, 3.05) is 63.4 Å². The molecule has 3 aromatic heterocycles. The zero-order valence-electron chi connectivity index (χ0n) is 22.7. The van der Waals surface area contributed by atoms with E-state index in [0.29, 0.717) is 60.8 Å². The Labute approximate surface area is 234 Å². The number of aryl methyl sites for hydroxylation is 1. The summed E-state index contributed by atoms with van der Waals surface area (Å²) in [4.78, 5) is 19.9. The van der Waals surface area contributed by atoms with Crippen LogP contribution in [0.25, 0.3) is 17.0 Å². The summed E-state index contributed by atoms with van der Waals surface area (Å²) in [7, 11) is 1.47. The van der Waals surface area contributed by atoms with Gasteiger partial charge in [-0.3, -0.25) is 9.25 Å². The highest BCUT2D eigenvalue weighted by Crippen LogP contribution is 2.32. The first-order chi connectivity index (χ1) is 20.1. The minimum atomic E-state index is -2.87. The number of para-hydroxylation sites is 1. The molecule has 0 aliphatic carbocycles. The lowest BCUT2D eigenvalue weighted by atomic mass is 10.1. The standard InChI is InChI=1S/C26H32F2N10O3/c1-39-20-6-2-5-19-21(20)32-23(22(27)28)38(19)26-34-24(33-25(35-26)36-9-12-40-13-10-36)31-18-14-30-37(15-18)8-3-4-17-16-41-11-7-29-17/h2,5-6,14-15,17,22,29H,3-4,7-13,16H2,1H3,(H,31,33,34,35). The van der Waals surface area contributed by atoms with Crippen molar-refractivity contribution in [3.63, 3.8) is 0 Å². The van der Waals surface area contributed by atoms with Gasteiger partial charge in [-0.05, 0) is 25.0 Å². The van der Waals surface area contributed by atoms with Crippen LogP contribution in [0.2, 0.25) is 0 Å². The van der Waals surface area contributed by atoms with Crippen molar-refractivity contribution in [1.29, 1.82) is 0 Å². The Balaban J connectivity index is 1.30. The van der Waals surface area contributed by atoms with Gasteiger partial charge in [-0.25, -0.2) is 13.8 Å². The molecule has 218 valence electrons. The Morgan fingerprint density at radius 1 is 1.10 bits per heavy atom. The average molecular weight is 571 g/mol. The van der Waals surface area contributed by atoms with E-state index in [1.165, 1.54) is 11.7 Å². The number of morpholine rings is 2. The first-order valence-electron chi connectivity index (χ1n) is 13.6. The van der Waals surface area contributed by atoms with E-state index in [1.54, 1.807) is 24.4 Å². The van der Waals surface area contributed by atoms with Gasteiger partial charge in [0.05, 0.1) is 50.9 Å². The molecule has 2 fully saturated rings. The molecule has 1 aromatic carbocycles. The number of aromatic nitrogens is 7. The first-order valence-corrected chi connectivity index (χ1v) is 13.6. The fraction of sp³-hybridized carbons (Fsp3) is 0.500. The third-order valence-corrected chi connectivity index (χ3v) is 7.02. The molecule has 0 saturated carbocycles. The molecule has 4 aromatic rings. The van der Waals surface area contributed by atoms with E-state index in [9.17, 15) is 8.78 Å². The number of benzene rings is 1. The molecule has 13 nitrogen and oxygen atoms in total. The molecule has 15 heteroatoms. The van der Waals surface area contributed by atoms with Gasteiger partial charge in [-0.1, -0.05) is 6.07 Å². The summed E-state index contributed by atoms with van der Waals surface area (Å²) in [6.07, 6.45) is 2.60. The number of alkyl halides is 2. The monoisotopic (exact) mass is 570 g/mol. The molecule has 2 aliphatic heterocycles. The van der Waals surface area contributed by atoms with Crippen LogP contribution >= 0.6 is 0 Å². The Morgan fingerprint density at radius 2 is 1.95 bits per heavy atom. The SMILES string of the molecule is COc1cccc2c1nc(C(F)F)n2-c1nc(Nc2cnn(CCCC3COCCN3)c2)nc(N2CCOCC2)n1. The minimum absolute atomic E-state index is 0.0182. The molecule has 0 bridgehead atoms. The van der Waals surface area contributed by atoms with Crippen LogP contribution in [-0.4, -0.2) is 93.5 Å². The first kappa shape index (κ1) is 27.2. The van der Waals surface area contributed by atoms with E-state index in [0.717, 1.165) is 39.1 Å². The Hall–Kier alpha value is -3.95. The predicted octanol–water partition coefficient (Wildman–Crippen LogP) is 2.70. The van der Waals surface area contributed by atoms with Gasteiger partial charge in [0, 0.05) is 38.4 Å². The summed E-state index contributed by atoms with van der Waals surface area (Å²) in [5.74, 6) is 0.456. The molecule has 6 rings (SSSR count). The Morgan fingerprint density at radius 3 is 2.73 bits per heavy atom. The lowest BCUT2D eigenvalue weighted by molar-refractivity contribution is 0.0731. The van der Waals surface area contributed by atoms with Crippen molar-refractivity contribution in [2.45, 2.75) is 31.9 Å². The van der Waals surface area contributed by atoms with Gasteiger partial charge in [-0.15, -0.1) is 0 Å². The largest absolute Gasteiger partial charge is 0.494 e. The molecule has 2 N–H and O–H groups in total. The van der Waals surface area contributed by atoms with Crippen LogP contribution in [-0.2, 0) is 16.0 Å². The number of hydrogen-bond donors (Lipinski definition) is 2. The number of nitrogens with one attached hydrogen (secondary N) is 2. The molecule has 0 amide bonds. The highest BCUT2D eigenvalue weighted by molar-refractivity contribution is 5.84. The molecule has 1 unspecified atom stereocenters. The predicted molar refractivity (Wildman–Crippen MR) is 146 cm³/mol. The Bertz CT molecular complexity index is 1470. The van der Waals surface area contributed by atoms with E-state index in [1.807, 2.05) is 15.8 Å². The number of fused-ring (bicyclic) bond motifs is 1. The van der Waals surface area contributed by atoms with Gasteiger partial charge in [0.15, 0.2) is 5.82 Å². The number of anilines is 3. The molecule has 5 heterocycles. The van der Waals surface area contributed by atoms with E-state index in [4.69, 9.17) is 14.2 Å². The van der Waals surface area contributed by atoms with Crippen LogP contribution in [0.4, 0.5) is 26.4 Å². The summed E-state index contributed by atoms with van der Waals surface area (Å²) in [5.41, 5.74) is 1.36. The van der Waals surface area contributed by atoms with Gasteiger partial charge in [0.25, 0.3) is 6.43 Å². The van der Waals surface area contributed by atoms with Gasteiger partial charge >= 0.3 is 0 Å². The number of imidazole rings is 1. The summed E-state index contributed by atoms with van der Waals surface area (Å²) in [5, 5.41) is 11.1. The molecule has 2 saturated heterocycles. The highest BCUT2D eigenvalue weighted by Gasteiger charge is 2.26. The van der Waals surface area contributed by atoms with Crippen molar-refractivity contribution in [2.24, 2.45) is 0 Å². The van der Waals surface area contributed by atoms with Gasteiger partial charge in [0.2, 0.25) is 17.8 Å². The maximum absolute atomic E-state index is 14.3. The number of nitrogens with zero attached hydrogens (tertiary/aromatic N) is 8. The second-order valence-electron chi connectivity index (χ2n) is 9.78. The second kappa shape index (κ2) is 12.3. The smallest absolute Gasteiger partial charge is 0.296 e. The molecular formula is C26H32F2N10O3. The third-order valence-electron chi connectivity index (χ3n) is 7.02. The summed E-state index contributed by atoms with van der Waals surface area (Å²) < 4.78 is 48.0. The topological polar surface area (TPSA) is 129 Å². The van der Waals surface area contributed by atoms with Gasteiger partial charge in [-0.2, -0.15) is 20.1 Å². The van der Waals surface area contributed by atoms with Crippen LogP contribution in [0.3, 0.4) is 0 Å². The quantitative estimate of drug-likeness (QED) is 0.292. The Kier molecular flexibility index (Phi) is 8.16. The average Bonchev–Trinajstić information content (AvgIpc) is 3.62. The van der Waals surface area contributed by atoms with E-state index in [2.05, 4.69) is 35.7 Å². The van der Waals surface area contributed by atoms with Crippen molar-refractivity contribution in [3.8, 4) is 11.7 Å². The molecule has 0 radical (unpaired) electrons. The number of hydrogen-bond acceptors (Lipinski definition) is 11. The number of ether oxygens (including phenoxy) is 3. The van der Waals surface area contributed by atoms with Crippen LogP contribution in [0.1, 0.15) is 25.1 Å². The summed E-state index contributed by atoms with van der Waals surface area (Å²) >= 11 is 0. The molecule has 0 spiro atoms. The summed E-state index contributed by atoms with van der Waals surface area (Å²) in [6.45, 7) is 5.23. The molecule has 2 aliphatic rings. The maximum Gasteiger partial charge on any atom is 0.296 e. The number of rotatable bonds is 10. The minimum Gasteiger partial charge on any atom is -0.494 e. The van der Waals surface area contributed by atoms with Gasteiger partial charge in [0.1, 0.15) is 11.3 Å². The zero-order valence-corrected chi connectivity index (χ0v) is 22.7. The van der Waals surface area contributed by atoms with E-state index < -0.39 is 12.2 Å². The van der Waals surface area contributed by atoms with Crippen molar-refractivity contribution in [3.05, 3.63) is 36.4 Å². The van der Waals surface area contributed by atoms with E-state index in [-0.39, 0.29) is 11.9 Å².